The van der Waals surface area contributed by atoms with Crippen molar-refractivity contribution >= 4 is 35.1 Å². The number of nitrogens with one attached hydrogen (secondary N) is 1. The van der Waals surface area contributed by atoms with Crippen LogP contribution in [0.5, 0.6) is 0 Å². The maximum atomic E-state index is 11.9. The van der Waals surface area contributed by atoms with E-state index < -0.39 is 5.91 Å². The van der Waals surface area contributed by atoms with E-state index in [0.717, 1.165) is 25.7 Å². The number of aliphatic imine (C=N–C) groups is 1. The Morgan fingerprint density at radius 2 is 2.00 bits per heavy atom. The van der Waals surface area contributed by atoms with Crippen molar-refractivity contribution in [2.75, 3.05) is 18.0 Å². The van der Waals surface area contributed by atoms with Crippen molar-refractivity contribution < 1.29 is 4.79 Å². The van der Waals surface area contributed by atoms with Crippen LogP contribution in [0.25, 0.3) is 0 Å². The summed E-state index contributed by atoms with van der Waals surface area (Å²) in [5.41, 5.74) is 16.4. The molecule has 9 heteroatoms. The molecule has 0 aromatic carbocycles. The number of hydrogen-bond donors (Lipinski definition) is 4. The molecule has 1 heterocycles. The third-order valence-corrected chi connectivity index (χ3v) is 2.90. The second-order valence-electron chi connectivity index (χ2n) is 4.37. The van der Waals surface area contributed by atoms with E-state index in [0.29, 0.717) is 6.54 Å². The SMILES string of the molecule is C#CCCCCCN=C(N)NC(=O)c1nc(Cl)c(N)nc1N. The Kier molecular flexibility index (Phi) is 6.92. The molecule has 1 aromatic rings. The van der Waals surface area contributed by atoms with E-state index >= 15 is 0 Å². The highest BCUT2D eigenvalue weighted by Crippen LogP contribution is 2.17. The molecule has 0 aliphatic heterocycles. The lowest BCUT2D eigenvalue weighted by Crippen LogP contribution is -2.38. The van der Waals surface area contributed by atoms with E-state index in [1.54, 1.807) is 0 Å². The van der Waals surface area contributed by atoms with Crippen LogP contribution in [0.15, 0.2) is 4.99 Å². The van der Waals surface area contributed by atoms with Gasteiger partial charge in [0, 0.05) is 13.0 Å². The fourth-order valence-electron chi connectivity index (χ4n) is 1.54. The Balaban J connectivity index is 2.54. The van der Waals surface area contributed by atoms with E-state index in [1.807, 2.05) is 0 Å². The standard InChI is InChI=1S/C13H18ClN7O/c1-2-3-4-5-6-7-18-13(17)21-12(22)8-10(15)20-11(16)9(14)19-8/h1H,3-7H2,(H4,15,16,20)(H3,17,18,21,22). The monoisotopic (exact) mass is 323 g/mol. The minimum atomic E-state index is -0.652. The lowest BCUT2D eigenvalue weighted by atomic mass is 10.2. The quantitative estimate of drug-likeness (QED) is 0.260. The minimum Gasteiger partial charge on any atom is -0.382 e. The average Bonchev–Trinajstić information content (AvgIpc) is 2.46. The molecule has 0 atom stereocenters. The largest absolute Gasteiger partial charge is 0.382 e. The average molecular weight is 324 g/mol. The van der Waals surface area contributed by atoms with Gasteiger partial charge in [0.1, 0.15) is 0 Å². The summed E-state index contributed by atoms with van der Waals surface area (Å²) in [6, 6.07) is 0. The second kappa shape index (κ2) is 8.69. The molecule has 1 aromatic heterocycles. The van der Waals surface area contributed by atoms with Gasteiger partial charge in [0.15, 0.2) is 28.4 Å². The topological polar surface area (TPSA) is 145 Å². The van der Waals surface area contributed by atoms with Gasteiger partial charge < -0.3 is 17.2 Å². The zero-order valence-electron chi connectivity index (χ0n) is 12.0. The third-order valence-electron chi connectivity index (χ3n) is 2.62. The Hall–Kier alpha value is -2.53. The van der Waals surface area contributed by atoms with Crippen molar-refractivity contribution in [3.05, 3.63) is 10.8 Å². The molecular weight excluding hydrogens is 306 g/mol. The van der Waals surface area contributed by atoms with Gasteiger partial charge in [-0.1, -0.05) is 18.0 Å². The number of halogens is 1. The van der Waals surface area contributed by atoms with Crippen LogP contribution in [0.3, 0.4) is 0 Å². The van der Waals surface area contributed by atoms with Crippen molar-refractivity contribution in [2.45, 2.75) is 25.7 Å². The van der Waals surface area contributed by atoms with Crippen molar-refractivity contribution in [3.8, 4) is 12.3 Å². The minimum absolute atomic E-state index is 0.0314. The van der Waals surface area contributed by atoms with Crippen LogP contribution >= 0.6 is 11.6 Å². The molecule has 0 radical (unpaired) electrons. The predicted molar refractivity (Wildman–Crippen MR) is 87.1 cm³/mol. The molecule has 118 valence electrons. The number of terminal acetylenes is 1. The number of nitrogens with two attached hydrogens (primary N) is 3. The number of anilines is 2. The summed E-state index contributed by atoms with van der Waals surface area (Å²) in [7, 11) is 0. The Labute approximate surface area is 133 Å². The van der Waals surface area contributed by atoms with E-state index in [1.165, 1.54) is 0 Å². The summed E-state index contributed by atoms with van der Waals surface area (Å²) in [6.07, 6.45) is 8.60. The molecule has 0 aliphatic carbocycles. The summed E-state index contributed by atoms with van der Waals surface area (Å²) >= 11 is 5.70. The number of aromatic nitrogens is 2. The van der Waals surface area contributed by atoms with Gasteiger partial charge >= 0.3 is 0 Å². The van der Waals surface area contributed by atoms with Crippen molar-refractivity contribution in [2.24, 2.45) is 10.7 Å². The second-order valence-corrected chi connectivity index (χ2v) is 4.73. The Morgan fingerprint density at radius 1 is 1.27 bits per heavy atom. The first kappa shape index (κ1) is 17.5. The molecule has 0 unspecified atom stereocenters. The van der Waals surface area contributed by atoms with Crippen molar-refractivity contribution in [1.82, 2.24) is 15.3 Å². The lowest BCUT2D eigenvalue weighted by molar-refractivity contribution is 0.0972. The van der Waals surface area contributed by atoms with E-state index in [-0.39, 0.29) is 28.4 Å². The summed E-state index contributed by atoms with van der Waals surface area (Å²) in [6.45, 7) is 0.486. The summed E-state index contributed by atoms with van der Waals surface area (Å²) in [5, 5.41) is 2.25. The molecule has 1 rings (SSSR count). The number of carbonyl (C=O) groups is 1. The van der Waals surface area contributed by atoms with Crippen LogP contribution in [0, 0.1) is 12.3 Å². The fraction of sp³-hybridized carbons (Fsp3) is 0.385. The van der Waals surface area contributed by atoms with Gasteiger partial charge in [-0.3, -0.25) is 15.1 Å². The van der Waals surface area contributed by atoms with Gasteiger partial charge in [-0.05, 0) is 12.8 Å². The Bertz CT molecular complexity index is 609. The first-order valence-electron chi connectivity index (χ1n) is 6.59. The van der Waals surface area contributed by atoms with E-state index in [9.17, 15) is 4.79 Å². The van der Waals surface area contributed by atoms with Crippen LogP contribution in [0.4, 0.5) is 11.6 Å². The van der Waals surface area contributed by atoms with Gasteiger partial charge in [0.2, 0.25) is 0 Å². The van der Waals surface area contributed by atoms with Crippen LogP contribution in [-0.4, -0.2) is 28.4 Å². The number of nitrogens with zero attached hydrogens (tertiary/aromatic N) is 3. The number of unbranched alkanes of at least 4 members (excludes halogenated alkanes) is 3. The van der Waals surface area contributed by atoms with Gasteiger partial charge in [-0.25, -0.2) is 9.97 Å². The smallest absolute Gasteiger partial charge is 0.280 e. The fourth-order valence-corrected chi connectivity index (χ4v) is 1.67. The molecule has 0 saturated carbocycles. The first-order valence-corrected chi connectivity index (χ1v) is 6.96. The summed E-state index contributed by atoms with van der Waals surface area (Å²) in [5.74, 6) is 1.69. The molecule has 1 amide bonds. The molecule has 22 heavy (non-hydrogen) atoms. The molecular formula is C13H18ClN7O. The highest BCUT2D eigenvalue weighted by Gasteiger charge is 2.16. The molecule has 0 aliphatic rings. The van der Waals surface area contributed by atoms with Crippen molar-refractivity contribution in [1.29, 1.82) is 0 Å². The maximum Gasteiger partial charge on any atom is 0.280 e. The van der Waals surface area contributed by atoms with Crippen LogP contribution in [0.1, 0.15) is 36.2 Å². The van der Waals surface area contributed by atoms with Gasteiger partial charge in [0.25, 0.3) is 5.91 Å². The molecule has 0 bridgehead atoms. The number of rotatable bonds is 6. The number of carbonyl (C=O) groups excluding carboxylic acids is 1. The van der Waals surface area contributed by atoms with Crippen LogP contribution < -0.4 is 22.5 Å². The molecule has 0 spiro atoms. The molecule has 0 fully saturated rings. The zero-order chi connectivity index (χ0) is 16.5. The van der Waals surface area contributed by atoms with Crippen LogP contribution in [-0.2, 0) is 0 Å². The lowest BCUT2D eigenvalue weighted by Gasteiger charge is -2.07. The number of hydrogen-bond acceptors (Lipinski definition) is 6. The normalized spacial score (nSPS) is 11.0. The van der Waals surface area contributed by atoms with Gasteiger partial charge in [-0.15, -0.1) is 12.3 Å². The Morgan fingerprint density at radius 3 is 2.68 bits per heavy atom. The molecule has 0 saturated heterocycles. The maximum absolute atomic E-state index is 11.9. The van der Waals surface area contributed by atoms with Crippen LogP contribution in [0.2, 0.25) is 5.15 Å². The summed E-state index contributed by atoms with van der Waals surface area (Å²) in [4.78, 5) is 23.4. The molecule has 8 nitrogen and oxygen atoms in total. The number of guanidine groups is 1. The summed E-state index contributed by atoms with van der Waals surface area (Å²) < 4.78 is 0. The van der Waals surface area contributed by atoms with Gasteiger partial charge in [-0.2, -0.15) is 0 Å². The van der Waals surface area contributed by atoms with E-state index in [2.05, 4.69) is 26.2 Å². The van der Waals surface area contributed by atoms with E-state index in [4.69, 9.17) is 35.2 Å². The van der Waals surface area contributed by atoms with Crippen molar-refractivity contribution in [3.63, 3.8) is 0 Å². The number of nitrogen functional groups attached to an aromatic ring is 2. The van der Waals surface area contributed by atoms with Gasteiger partial charge in [0.05, 0.1) is 0 Å². The zero-order valence-corrected chi connectivity index (χ0v) is 12.7. The molecule has 7 N–H and O–H groups in total. The number of amides is 1. The first-order chi connectivity index (χ1) is 10.5. The highest BCUT2D eigenvalue weighted by molar-refractivity contribution is 6.31. The highest BCUT2D eigenvalue weighted by atomic mass is 35.5. The third kappa shape index (κ3) is 5.46. The predicted octanol–water partition coefficient (Wildman–Crippen LogP) is 0.533.